The topological polar surface area (TPSA) is 29.5 Å². The van der Waals surface area contributed by atoms with E-state index in [1.807, 2.05) is 6.92 Å². The molecular weight excluding hydrogens is 152 g/mol. The molecule has 2 fully saturated rings. The Hall–Kier alpha value is -0.0800. The van der Waals surface area contributed by atoms with Crippen LogP contribution < -0.4 is 0 Å². The van der Waals surface area contributed by atoms with Gasteiger partial charge in [0.2, 0.25) is 0 Å². The van der Waals surface area contributed by atoms with E-state index in [1.54, 1.807) is 0 Å². The summed E-state index contributed by atoms with van der Waals surface area (Å²) in [5.74, 6) is 0.831. The minimum absolute atomic E-state index is 0.346. The predicted molar refractivity (Wildman–Crippen MR) is 46.9 cm³/mol. The van der Waals surface area contributed by atoms with Crippen LogP contribution in [0.1, 0.15) is 39.0 Å². The van der Waals surface area contributed by atoms with E-state index in [1.165, 1.54) is 12.8 Å². The van der Waals surface area contributed by atoms with Gasteiger partial charge in [0.1, 0.15) is 0 Å². The summed E-state index contributed by atoms with van der Waals surface area (Å²) >= 11 is 0. The number of rotatable bonds is 4. The first-order valence-corrected chi connectivity index (χ1v) is 5.06. The van der Waals surface area contributed by atoms with Gasteiger partial charge in [-0.05, 0) is 19.3 Å². The van der Waals surface area contributed by atoms with Crippen LogP contribution in [0.2, 0.25) is 0 Å². The molecule has 0 aromatic heterocycles. The summed E-state index contributed by atoms with van der Waals surface area (Å²) in [5.41, 5.74) is -0.346. The first-order valence-electron chi connectivity index (χ1n) is 5.06. The van der Waals surface area contributed by atoms with E-state index in [4.69, 9.17) is 4.74 Å². The lowest BCUT2D eigenvalue weighted by molar-refractivity contribution is -0.142. The Morgan fingerprint density at radius 1 is 1.42 bits per heavy atom. The van der Waals surface area contributed by atoms with Crippen molar-refractivity contribution < 1.29 is 9.84 Å². The Kier molecular flexibility index (Phi) is 2.13. The van der Waals surface area contributed by atoms with Crippen LogP contribution in [0.4, 0.5) is 0 Å². The molecule has 2 heteroatoms. The van der Waals surface area contributed by atoms with Crippen LogP contribution >= 0.6 is 0 Å². The highest BCUT2D eigenvalue weighted by atomic mass is 16.5. The monoisotopic (exact) mass is 170 g/mol. The Labute approximate surface area is 73.9 Å². The molecule has 0 amide bonds. The zero-order valence-corrected chi connectivity index (χ0v) is 7.75. The number of hydrogen-bond acceptors (Lipinski definition) is 2. The van der Waals surface area contributed by atoms with Crippen LogP contribution in [-0.2, 0) is 4.74 Å². The highest BCUT2D eigenvalue weighted by Gasteiger charge is 2.46. The molecule has 0 aromatic carbocycles. The summed E-state index contributed by atoms with van der Waals surface area (Å²) in [6, 6.07) is 0. The van der Waals surface area contributed by atoms with Gasteiger partial charge in [-0.3, -0.25) is 0 Å². The summed E-state index contributed by atoms with van der Waals surface area (Å²) in [7, 11) is 0. The van der Waals surface area contributed by atoms with Gasteiger partial charge in [0.25, 0.3) is 0 Å². The van der Waals surface area contributed by atoms with Gasteiger partial charge in [0.15, 0.2) is 0 Å². The Bertz CT molecular complexity index is 157. The zero-order chi connectivity index (χ0) is 8.60. The first kappa shape index (κ1) is 8.52. The van der Waals surface area contributed by atoms with Gasteiger partial charge in [-0.15, -0.1) is 0 Å². The summed E-state index contributed by atoms with van der Waals surface area (Å²) < 4.78 is 5.42. The average Bonchev–Trinajstić information content (AvgIpc) is 2.69. The van der Waals surface area contributed by atoms with Crippen molar-refractivity contribution in [2.75, 3.05) is 6.61 Å². The largest absolute Gasteiger partial charge is 0.390 e. The average molecular weight is 170 g/mol. The van der Waals surface area contributed by atoms with E-state index in [9.17, 15) is 5.11 Å². The highest BCUT2D eigenvalue weighted by Crippen LogP contribution is 2.45. The van der Waals surface area contributed by atoms with E-state index in [2.05, 4.69) is 0 Å². The molecule has 0 radical (unpaired) electrons. The van der Waals surface area contributed by atoms with Crippen molar-refractivity contribution in [2.24, 2.45) is 5.92 Å². The van der Waals surface area contributed by atoms with E-state index in [0.717, 1.165) is 31.8 Å². The lowest BCUT2D eigenvalue weighted by atomic mass is 9.74. The molecule has 12 heavy (non-hydrogen) atoms. The summed E-state index contributed by atoms with van der Waals surface area (Å²) in [5, 5.41) is 9.94. The molecule has 0 spiro atoms. The molecule has 0 heterocycles. The van der Waals surface area contributed by atoms with Gasteiger partial charge in [-0.2, -0.15) is 0 Å². The lowest BCUT2D eigenvalue weighted by Crippen LogP contribution is -2.48. The Morgan fingerprint density at radius 3 is 2.58 bits per heavy atom. The molecular formula is C10H18O2. The van der Waals surface area contributed by atoms with Crippen molar-refractivity contribution >= 4 is 0 Å². The number of ether oxygens (including phenoxy) is 1. The minimum atomic E-state index is -0.346. The molecule has 0 bridgehead atoms. The molecule has 2 rings (SSSR count). The van der Waals surface area contributed by atoms with Crippen LogP contribution in [0.3, 0.4) is 0 Å². The van der Waals surface area contributed by atoms with Crippen molar-refractivity contribution in [3.63, 3.8) is 0 Å². The molecule has 0 aliphatic heterocycles. The van der Waals surface area contributed by atoms with Gasteiger partial charge in [-0.1, -0.05) is 12.8 Å². The third kappa shape index (κ3) is 1.80. The SMILES string of the molecule is CCOC1CC(O)(CC2CC2)C1. The lowest BCUT2D eigenvalue weighted by Gasteiger charge is -2.43. The van der Waals surface area contributed by atoms with Gasteiger partial charge < -0.3 is 9.84 Å². The van der Waals surface area contributed by atoms with E-state index in [0.29, 0.717) is 6.10 Å². The zero-order valence-electron chi connectivity index (χ0n) is 7.75. The van der Waals surface area contributed by atoms with Crippen LogP contribution in [0.15, 0.2) is 0 Å². The van der Waals surface area contributed by atoms with Gasteiger partial charge >= 0.3 is 0 Å². The Morgan fingerprint density at radius 2 is 2.08 bits per heavy atom. The molecule has 2 nitrogen and oxygen atoms in total. The summed E-state index contributed by atoms with van der Waals surface area (Å²) in [6.07, 6.45) is 5.79. The first-order chi connectivity index (χ1) is 5.72. The van der Waals surface area contributed by atoms with Gasteiger partial charge in [0, 0.05) is 19.4 Å². The maximum Gasteiger partial charge on any atom is 0.0699 e. The fourth-order valence-electron chi connectivity index (χ4n) is 2.17. The van der Waals surface area contributed by atoms with E-state index >= 15 is 0 Å². The maximum atomic E-state index is 9.94. The number of hydrogen-bond donors (Lipinski definition) is 1. The Balaban J connectivity index is 1.69. The second-order valence-corrected chi connectivity index (χ2v) is 4.36. The molecule has 1 N–H and O–H groups in total. The third-order valence-corrected chi connectivity index (χ3v) is 2.98. The highest BCUT2D eigenvalue weighted by molar-refractivity contribution is 4.98. The van der Waals surface area contributed by atoms with Crippen molar-refractivity contribution in [3.8, 4) is 0 Å². The number of aliphatic hydroxyl groups is 1. The summed E-state index contributed by atoms with van der Waals surface area (Å²) in [6.45, 7) is 2.79. The van der Waals surface area contributed by atoms with Crippen LogP contribution in [0, 0.1) is 5.92 Å². The van der Waals surface area contributed by atoms with Crippen molar-refractivity contribution in [1.82, 2.24) is 0 Å². The van der Waals surface area contributed by atoms with Crippen LogP contribution in [0.5, 0.6) is 0 Å². The van der Waals surface area contributed by atoms with Crippen LogP contribution in [0.25, 0.3) is 0 Å². The second-order valence-electron chi connectivity index (χ2n) is 4.36. The fraction of sp³-hybridized carbons (Fsp3) is 1.00. The van der Waals surface area contributed by atoms with Gasteiger partial charge in [-0.25, -0.2) is 0 Å². The smallest absolute Gasteiger partial charge is 0.0699 e. The molecule has 2 aliphatic carbocycles. The quantitative estimate of drug-likeness (QED) is 0.696. The van der Waals surface area contributed by atoms with Crippen LogP contribution in [-0.4, -0.2) is 23.4 Å². The molecule has 0 atom stereocenters. The molecule has 0 unspecified atom stereocenters. The molecule has 2 aliphatic rings. The standard InChI is InChI=1S/C10H18O2/c1-2-12-9-6-10(11,7-9)5-8-3-4-8/h8-9,11H,2-7H2,1H3. The second kappa shape index (κ2) is 3.00. The summed E-state index contributed by atoms with van der Waals surface area (Å²) in [4.78, 5) is 0. The van der Waals surface area contributed by atoms with E-state index in [-0.39, 0.29) is 5.60 Å². The van der Waals surface area contributed by atoms with Crippen molar-refractivity contribution in [1.29, 1.82) is 0 Å². The predicted octanol–water partition coefficient (Wildman–Crippen LogP) is 1.72. The molecule has 70 valence electrons. The fourth-order valence-corrected chi connectivity index (χ4v) is 2.17. The third-order valence-electron chi connectivity index (χ3n) is 2.98. The van der Waals surface area contributed by atoms with Crippen molar-refractivity contribution in [3.05, 3.63) is 0 Å². The maximum absolute atomic E-state index is 9.94. The normalized spacial score (nSPS) is 41.0. The molecule has 2 saturated carbocycles. The van der Waals surface area contributed by atoms with Gasteiger partial charge in [0.05, 0.1) is 11.7 Å². The van der Waals surface area contributed by atoms with Crippen molar-refractivity contribution in [2.45, 2.75) is 50.7 Å². The van der Waals surface area contributed by atoms with E-state index < -0.39 is 0 Å². The molecule has 0 aromatic rings. The minimum Gasteiger partial charge on any atom is -0.390 e. The molecule has 0 saturated heterocycles.